The zero-order chi connectivity index (χ0) is 8.43. The van der Waals surface area contributed by atoms with Crippen molar-refractivity contribution in [2.24, 2.45) is 0 Å². The molecule has 1 rings (SSSR count). The first-order chi connectivity index (χ1) is 5.16. The topological polar surface area (TPSA) is 57.6 Å². The van der Waals surface area contributed by atoms with Crippen LogP contribution in [0.25, 0.3) is 0 Å². The molecule has 1 atom stereocenters. The third-order valence-electron chi connectivity index (χ3n) is 1.81. The number of rotatable bonds is 3. The molecule has 0 spiro atoms. The van der Waals surface area contributed by atoms with Gasteiger partial charge in [-0.15, -0.1) is 0 Å². The molecule has 0 aromatic carbocycles. The Labute approximate surface area is 64.8 Å². The Balaban J connectivity index is 2.47. The summed E-state index contributed by atoms with van der Waals surface area (Å²) >= 11 is 0. The van der Waals surface area contributed by atoms with Crippen LogP contribution in [0.3, 0.4) is 0 Å². The molecular weight excluding hydrogens is 146 g/mol. The van der Waals surface area contributed by atoms with Crippen molar-refractivity contribution in [1.29, 1.82) is 0 Å². The van der Waals surface area contributed by atoms with Gasteiger partial charge in [0, 0.05) is 6.54 Å². The van der Waals surface area contributed by atoms with E-state index in [-0.39, 0.29) is 12.3 Å². The highest BCUT2D eigenvalue weighted by Gasteiger charge is 2.40. The molecule has 62 valence electrons. The molecule has 1 N–H and O–H groups in total. The molecule has 0 aromatic heterocycles. The Morgan fingerprint density at radius 2 is 2.45 bits per heavy atom. The van der Waals surface area contributed by atoms with E-state index >= 15 is 0 Å². The molecule has 0 aromatic rings. The van der Waals surface area contributed by atoms with Gasteiger partial charge in [0.1, 0.15) is 6.04 Å². The fourth-order valence-electron chi connectivity index (χ4n) is 1.20. The van der Waals surface area contributed by atoms with E-state index in [4.69, 9.17) is 5.11 Å². The predicted molar refractivity (Wildman–Crippen MR) is 38.0 cm³/mol. The Morgan fingerprint density at radius 3 is 2.82 bits per heavy atom. The van der Waals surface area contributed by atoms with E-state index in [1.165, 1.54) is 4.90 Å². The maximum atomic E-state index is 10.8. The van der Waals surface area contributed by atoms with Crippen LogP contribution in [-0.4, -0.2) is 34.5 Å². The molecule has 1 unspecified atom stereocenters. The highest BCUT2D eigenvalue weighted by molar-refractivity contribution is 5.94. The summed E-state index contributed by atoms with van der Waals surface area (Å²) in [5, 5.41) is 8.55. The fourth-order valence-corrected chi connectivity index (χ4v) is 1.20. The first-order valence-corrected chi connectivity index (χ1v) is 3.69. The minimum absolute atomic E-state index is 0.0424. The van der Waals surface area contributed by atoms with Gasteiger partial charge < -0.3 is 10.0 Å². The first-order valence-electron chi connectivity index (χ1n) is 3.69. The van der Waals surface area contributed by atoms with Gasteiger partial charge in [0.2, 0.25) is 5.91 Å². The number of carboxylic acids is 1. The molecule has 0 saturated carbocycles. The number of hydrogen-bond acceptors (Lipinski definition) is 2. The van der Waals surface area contributed by atoms with Crippen molar-refractivity contribution in [3.63, 3.8) is 0 Å². The normalized spacial score (nSPS) is 23.2. The Hall–Kier alpha value is -1.06. The van der Waals surface area contributed by atoms with Crippen LogP contribution in [0.5, 0.6) is 0 Å². The summed E-state index contributed by atoms with van der Waals surface area (Å²) in [7, 11) is 0. The molecule has 1 aliphatic heterocycles. The molecule has 1 heterocycles. The third-order valence-corrected chi connectivity index (χ3v) is 1.81. The number of carboxylic acid groups (broad SMARTS) is 1. The number of hydrogen-bond donors (Lipinski definition) is 1. The maximum absolute atomic E-state index is 10.8. The van der Waals surface area contributed by atoms with Crippen LogP contribution in [0.2, 0.25) is 0 Å². The van der Waals surface area contributed by atoms with E-state index in [1.54, 1.807) is 0 Å². The van der Waals surface area contributed by atoms with Crippen molar-refractivity contribution in [1.82, 2.24) is 4.90 Å². The van der Waals surface area contributed by atoms with Crippen molar-refractivity contribution in [3.8, 4) is 0 Å². The molecule has 1 amide bonds. The summed E-state index contributed by atoms with van der Waals surface area (Å²) in [6, 6.07) is -0.553. The van der Waals surface area contributed by atoms with Gasteiger partial charge in [0.25, 0.3) is 0 Å². The average molecular weight is 157 g/mol. The molecule has 1 saturated heterocycles. The third kappa shape index (κ3) is 1.34. The summed E-state index contributed by atoms with van der Waals surface area (Å²) in [6.07, 6.45) is 0.991. The monoisotopic (exact) mass is 157 g/mol. The van der Waals surface area contributed by atoms with Crippen LogP contribution in [0.4, 0.5) is 0 Å². The lowest BCUT2D eigenvalue weighted by Gasteiger charge is -2.37. The molecule has 0 bridgehead atoms. The van der Waals surface area contributed by atoms with Gasteiger partial charge in [-0.3, -0.25) is 4.79 Å². The predicted octanol–water partition coefficient (Wildman–Crippen LogP) is 0.0819. The number of amides is 1. The van der Waals surface area contributed by atoms with Gasteiger partial charge >= 0.3 is 5.97 Å². The van der Waals surface area contributed by atoms with E-state index in [1.807, 2.05) is 6.92 Å². The maximum Gasteiger partial charge on any atom is 0.326 e. The lowest BCUT2D eigenvalue weighted by atomic mass is 10.0. The summed E-state index contributed by atoms with van der Waals surface area (Å²) in [6.45, 7) is 2.49. The average Bonchev–Trinajstić information content (AvgIpc) is 1.95. The van der Waals surface area contributed by atoms with Gasteiger partial charge in [0.05, 0.1) is 6.42 Å². The lowest BCUT2D eigenvalue weighted by Crippen LogP contribution is -2.56. The Morgan fingerprint density at radius 1 is 1.82 bits per heavy atom. The summed E-state index contributed by atoms with van der Waals surface area (Å²) in [4.78, 5) is 22.6. The van der Waals surface area contributed by atoms with Gasteiger partial charge in [0.15, 0.2) is 0 Å². The van der Waals surface area contributed by atoms with Crippen molar-refractivity contribution in [2.45, 2.75) is 25.8 Å². The van der Waals surface area contributed by atoms with E-state index in [2.05, 4.69) is 0 Å². The second-order valence-electron chi connectivity index (χ2n) is 2.65. The summed E-state index contributed by atoms with van der Waals surface area (Å²) in [5.41, 5.74) is 0. The van der Waals surface area contributed by atoms with Gasteiger partial charge in [-0.25, -0.2) is 4.79 Å². The van der Waals surface area contributed by atoms with Crippen LogP contribution in [0.1, 0.15) is 19.8 Å². The van der Waals surface area contributed by atoms with Crippen molar-refractivity contribution < 1.29 is 14.7 Å². The second-order valence-corrected chi connectivity index (χ2v) is 2.65. The van der Waals surface area contributed by atoms with Crippen LogP contribution >= 0.6 is 0 Å². The Kier molecular flexibility index (Phi) is 2.12. The SMILES string of the molecule is CCCN1C(=O)CC1C(=O)O. The second kappa shape index (κ2) is 2.90. The number of aliphatic carboxylic acids is 1. The lowest BCUT2D eigenvalue weighted by molar-refractivity contribution is -0.162. The highest BCUT2D eigenvalue weighted by atomic mass is 16.4. The Bertz CT molecular complexity index is 190. The standard InChI is InChI=1S/C7H11NO3/c1-2-3-8-5(7(10)11)4-6(8)9/h5H,2-4H2,1H3,(H,10,11). The zero-order valence-electron chi connectivity index (χ0n) is 6.41. The van der Waals surface area contributed by atoms with Crippen LogP contribution in [0, 0.1) is 0 Å². The quantitative estimate of drug-likeness (QED) is 0.590. The van der Waals surface area contributed by atoms with Gasteiger partial charge in [-0.2, -0.15) is 0 Å². The van der Waals surface area contributed by atoms with Crippen molar-refractivity contribution in [3.05, 3.63) is 0 Å². The molecule has 1 aliphatic rings. The number of likely N-dealkylation sites (tertiary alicyclic amines) is 1. The zero-order valence-corrected chi connectivity index (χ0v) is 6.41. The van der Waals surface area contributed by atoms with Gasteiger partial charge in [-0.05, 0) is 6.42 Å². The van der Waals surface area contributed by atoms with Crippen molar-refractivity contribution >= 4 is 11.9 Å². The molecule has 4 heteroatoms. The van der Waals surface area contributed by atoms with Crippen LogP contribution in [0.15, 0.2) is 0 Å². The molecule has 1 fully saturated rings. The van der Waals surface area contributed by atoms with E-state index in [9.17, 15) is 9.59 Å². The molecule has 0 radical (unpaired) electrons. The molecule has 0 aliphatic carbocycles. The van der Waals surface area contributed by atoms with E-state index < -0.39 is 12.0 Å². The number of carbonyl (C=O) groups is 2. The minimum Gasteiger partial charge on any atom is -0.480 e. The fraction of sp³-hybridized carbons (Fsp3) is 0.714. The highest BCUT2D eigenvalue weighted by Crippen LogP contribution is 2.18. The smallest absolute Gasteiger partial charge is 0.326 e. The van der Waals surface area contributed by atoms with Crippen LogP contribution in [-0.2, 0) is 9.59 Å². The largest absolute Gasteiger partial charge is 0.480 e. The number of β-lactam (4-membered cyclic amide) rings is 1. The molecular formula is C7H11NO3. The molecule has 4 nitrogen and oxygen atoms in total. The summed E-state index contributed by atoms with van der Waals surface area (Å²) in [5.74, 6) is -0.933. The first kappa shape index (κ1) is 8.04. The number of carbonyl (C=O) groups excluding carboxylic acids is 1. The molecule has 11 heavy (non-hydrogen) atoms. The van der Waals surface area contributed by atoms with Crippen molar-refractivity contribution in [2.75, 3.05) is 6.54 Å². The number of nitrogens with zero attached hydrogens (tertiary/aromatic N) is 1. The summed E-state index contributed by atoms with van der Waals surface area (Å²) < 4.78 is 0. The van der Waals surface area contributed by atoms with E-state index in [0.717, 1.165) is 6.42 Å². The van der Waals surface area contributed by atoms with E-state index in [0.29, 0.717) is 6.54 Å². The minimum atomic E-state index is -0.891. The van der Waals surface area contributed by atoms with Gasteiger partial charge in [-0.1, -0.05) is 6.92 Å². The van der Waals surface area contributed by atoms with Crippen LogP contribution < -0.4 is 0 Å².